The summed E-state index contributed by atoms with van der Waals surface area (Å²) in [6.45, 7) is 3.69. The number of esters is 1. The summed E-state index contributed by atoms with van der Waals surface area (Å²) in [6.07, 6.45) is 5.31. The van der Waals surface area contributed by atoms with Gasteiger partial charge >= 0.3 is 5.97 Å². The van der Waals surface area contributed by atoms with Gasteiger partial charge in [-0.1, -0.05) is 66.0 Å². The van der Waals surface area contributed by atoms with Crippen LogP contribution in [0.1, 0.15) is 31.0 Å². The van der Waals surface area contributed by atoms with E-state index in [1.54, 1.807) is 32.1 Å². The lowest BCUT2D eigenvalue weighted by molar-refractivity contribution is -0.139. The van der Waals surface area contributed by atoms with Crippen molar-refractivity contribution in [3.8, 4) is 0 Å². The molecule has 0 aliphatic carbocycles. The molecule has 0 bridgehead atoms. The van der Waals surface area contributed by atoms with Gasteiger partial charge in [0.25, 0.3) is 5.56 Å². The predicted octanol–water partition coefficient (Wildman–Crippen LogP) is 3.60. The minimum absolute atomic E-state index is 0.217. The number of thiazole rings is 1. The highest BCUT2D eigenvalue weighted by atomic mass is 32.1. The van der Waals surface area contributed by atoms with E-state index >= 15 is 0 Å². The maximum absolute atomic E-state index is 13.6. The quantitative estimate of drug-likeness (QED) is 0.561. The number of rotatable bonds is 5. The molecular weight excluding hydrogens is 427 g/mol. The van der Waals surface area contributed by atoms with E-state index in [9.17, 15) is 14.0 Å². The summed E-state index contributed by atoms with van der Waals surface area (Å²) in [5, 5.41) is 0. The number of nitrogens with zero attached hydrogens (tertiary/aromatic N) is 2. The maximum Gasteiger partial charge on any atom is 0.338 e. The molecule has 2 aromatic carbocycles. The molecular formula is C25H21FN2O3S. The number of hydrogen-bond donors (Lipinski definition) is 0. The Bertz CT molecular complexity index is 1400. The average Bonchev–Trinajstić information content (AvgIpc) is 3.07. The van der Waals surface area contributed by atoms with E-state index in [2.05, 4.69) is 4.99 Å². The molecule has 0 saturated heterocycles. The first-order valence-electron chi connectivity index (χ1n) is 10.2. The lowest BCUT2D eigenvalue weighted by Crippen LogP contribution is -2.38. The molecule has 7 heteroatoms. The fraction of sp³-hybridized carbons (Fsp3) is 0.160. The van der Waals surface area contributed by atoms with Crippen LogP contribution in [0.4, 0.5) is 4.39 Å². The molecule has 162 valence electrons. The highest BCUT2D eigenvalue weighted by molar-refractivity contribution is 7.07. The van der Waals surface area contributed by atoms with Crippen LogP contribution in [0.15, 0.2) is 81.7 Å². The molecule has 32 heavy (non-hydrogen) atoms. The number of aromatic nitrogens is 1. The number of benzene rings is 2. The monoisotopic (exact) mass is 448 g/mol. The molecule has 2 heterocycles. The van der Waals surface area contributed by atoms with Gasteiger partial charge in [0.1, 0.15) is 5.82 Å². The third-order valence-electron chi connectivity index (χ3n) is 4.98. The summed E-state index contributed by atoms with van der Waals surface area (Å²) in [5.41, 5.74) is 2.05. The first-order valence-corrected chi connectivity index (χ1v) is 11.0. The van der Waals surface area contributed by atoms with Gasteiger partial charge in [0.05, 0.1) is 28.5 Å². The van der Waals surface area contributed by atoms with Gasteiger partial charge in [0.15, 0.2) is 4.80 Å². The second-order valence-corrected chi connectivity index (χ2v) is 8.18. The van der Waals surface area contributed by atoms with Crippen LogP contribution in [-0.2, 0) is 9.53 Å². The zero-order chi connectivity index (χ0) is 22.7. The molecule has 4 rings (SSSR count). The first-order chi connectivity index (χ1) is 15.5. The van der Waals surface area contributed by atoms with Crippen molar-refractivity contribution in [1.82, 2.24) is 4.57 Å². The summed E-state index contributed by atoms with van der Waals surface area (Å²) in [7, 11) is 0. The topological polar surface area (TPSA) is 60.7 Å². The Morgan fingerprint density at radius 1 is 1.19 bits per heavy atom. The fourth-order valence-electron chi connectivity index (χ4n) is 3.53. The van der Waals surface area contributed by atoms with Crippen LogP contribution in [0, 0.1) is 5.82 Å². The second kappa shape index (κ2) is 9.28. The molecule has 1 aromatic heterocycles. The Kier molecular flexibility index (Phi) is 6.28. The summed E-state index contributed by atoms with van der Waals surface area (Å²) in [4.78, 5) is 31.1. The molecule has 1 aliphatic heterocycles. The minimum Gasteiger partial charge on any atom is -0.463 e. The van der Waals surface area contributed by atoms with E-state index in [0.717, 1.165) is 5.56 Å². The van der Waals surface area contributed by atoms with Crippen LogP contribution in [0.3, 0.4) is 0 Å². The Morgan fingerprint density at radius 2 is 1.94 bits per heavy atom. The van der Waals surface area contributed by atoms with Gasteiger partial charge < -0.3 is 4.74 Å². The number of ether oxygens (including phenoxy) is 1. The van der Waals surface area contributed by atoms with Gasteiger partial charge in [0, 0.05) is 0 Å². The average molecular weight is 449 g/mol. The van der Waals surface area contributed by atoms with Crippen molar-refractivity contribution in [2.24, 2.45) is 4.99 Å². The van der Waals surface area contributed by atoms with Crippen molar-refractivity contribution in [3.63, 3.8) is 0 Å². The van der Waals surface area contributed by atoms with Gasteiger partial charge in [0.2, 0.25) is 0 Å². The second-order valence-electron chi connectivity index (χ2n) is 7.17. The van der Waals surface area contributed by atoms with Crippen molar-refractivity contribution in [2.75, 3.05) is 6.61 Å². The summed E-state index contributed by atoms with van der Waals surface area (Å²) < 4.78 is 20.8. The molecule has 0 saturated carbocycles. The molecule has 0 amide bonds. The van der Waals surface area contributed by atoms with Crippen molar-refractivity contribution >= 4 is 29.5 Å². The number of hydrogen-bond acceptors (Lipinski definition) is 5. The number of allylic oxidation sites excluding steroid dienone is 2. The number of carbonyl (C=O) groups excluding carboxylic acids is 1. The van der Waals surface area contributed by atoms with Gasteiger partial charge in [-0.2, -0.15) is 0 Å². The molecule has 1 aliphatic rings. The zero-order valence-corrected chi connectivity index (χ0v) is 18.4. The van der Waals surface area contributed by atoms with Crippen LogP contribution < -0.4 is 14.9 Å². The molecule has 1 unspecified atom stereocenters. The van der Waals surface area contributed by atoms with Gasteiger partial charge in [-0.05, 0) is 43.2 Å². The molecule has 5 nitrogen and oxygen atoms in total. The third kappa shape index (κ3) is 4.38. The van der Waals surface area contributed by atoms with Gasteiger partial charge in [-0.25, -0.2) is 14.2 Å². The van der Waals surface area contributed by atoms with E-state index in [4.69, 9.17) is 4.74 Å². The van der Waals surface area contributed by atoms with Crippen LogP contribution in [-0.4, -0.2) is 17.1 Å². The molecule has 0 radical (unpaired) electrons. The molecule has 0 fully saturated rings. The van der Waals surface area contributed by atoms with Crippen LogP contribution >= 0.6 is 11.3 Å². The Hall–Kier alpha value is -3.58. The summed E-state index contributed by atoms with van der Waals surface area (Å²) in [6, 6.07) is 15.0. The summed E-state index contributed by atoms with van der Waals surface area (Å²) >= 11 is 1.20. The van der Waals surface area contributed by atoms with Crippen molar-refractivity contribution in [1.29, 1.82) is 0 Å². The van der Waals surface area contributed by atoms with E-state index < -0.39 is 12.0 Å². The fourth-order valence-corrected chi connectivity index (χ4v) is 4.59. The van der Waals surface area contributed by atoms with Crippen LogP contribution in [0.25, 0.3) is 12.2 Å². The smallest absolute Gasteiger partial charge is 0.338 e. The molecule has 0 spiro atoms. The van der Waals surface area contributed by atoms with Gasteiger partial charge in [-0.15, -0.1) is 0 Å². The van der Waals surface area contributed by atoms with E-state index in [1.807, 2.05) is 42.5 Å². The Balaban J connectivity index is 1.88. The largest absolute Gasteiger partial charge is 0.463 e. The lowest BCUT2D eigenvalue weighted by Gasteiger charge is -2.21. The van der Waals surface area contributed by atoms with Gasteiger partial charge in [-0.3, -0.25) is 9.36 Å². The lowest BCUT2D eigenvalue weighted by atomic mass is 10.0. The number of fused-ring (bicyclic) bond motifs is 1. The first kappa shape index (κ1) is 21.6. The van der Waals surface area contributed by atoms with E-state index in [-0.39, 0.29) is 18.0 Å². The van der Waals surface area contributed by atoms with Crippen molar-refractivity contribution in [2.45, 2.75) is 19.9 Å². The van der Waals surface area contributed by atoms with E-state index in [1.165, 1.54) is 28.0 Å². The maximum atomic E-state index is 13.6. The van der Waals surface area contributed by atoms with Crippen LogP contribution in [0.2, 0.25) is 0 Å². The summed E-state index contributed by atoms with van der Waals surface area (Å²) in [5.74, 6) is -0.883. The molecule has 1 atom stereocenters. The van der Waals surface area contributed by atoms with E-state index in [0.29, 0.717) is 26.2 Å². The Morgan fingerprint density at radius 3 is 2.66 bits per heavy atom. The van der Waals surface area contributed by atoms with Crippen LogP contribution in [0.5, 0.6) is 0 Å². The SMILES string of the molecule is CCOC(=O)C1=C(C)N=c2s/c(=C\c3cccc(F)c3)c(=O)n2C1/C=C/c1ccccc1. The van der Waals surface area contributed by atoms with Crippen molar-refractivity contribution < 1.29 is 13.9 Å². The molecule has 3 aromatic rings. The predicted molar refractivity (Wildman–Crippen MR) is 123 cm³/mol. The Labute approximate surface area is 188 Å². The standard InChI is InChI=1S/C25H21FN2O3S/c1-3-31-24(30)22-16(2)27-25-28(20(22)13-12-17-8-5-4-6-9-17)23(29)21(32-25)15-18-10-7-11-19(26)14-18/h4-15,20H,3H2,1-2H3/b13-12+,21-15-. The molecule has 0 N–H and O–H groups in total. The number of carbonyl (C=O) groups is 1. The highest BCUT2D eigenvalue weighted by Gasteiger charge is 2.30. The third-order valence-corrected chi connectivity index (χ3v) is 5.96. The minimum atomic E-state index is -0.667. The zero-order valence-electron chi connectivity index (χ0n) is 17.6. The number of halogens is 1. The normalized spacial score (nSPS) is 16.2. The van der Waals surface area contributed by atoms with Crippen molar-refractivity contribution in [3.05, 3.63) is 109 Å². The highest BCUT2D eigenvalue weighted by Crippen LogP contribution is 2.26.